The Morgan fingerprint density at radius 1 is 0.567 bits per heavy atom. The molecule has 21 nitrogen and oxygen atoms in total. The maximum absolute atomic E-state index is 15.8. The minimum atomic E-state index is -3.90. The fourth-order valence-electron chi connectivity index (χ4n) is 15.4. The molecule has 542 valence electrons. The van der Waals surface area contributed by atoms with Gasteiger partial charge in [0.15, 0.2) is 30.7 Å². The van der Waals surface area contributed by atoms with Gasteiger partial charge in [0.05, 0.1) is 31.3 Å². The Bertz CT molecular complexity index is 4100. The second-order valence-corrected chi connectivity index (χ2v) is 36.9. The van der Waals surface area contributed by atoms with Gasteiger partial charge in [0.25, 0.3) is 16.6 Å². The van der Waals surface area contributed by atoms with Gasteiger partial charge in [0, 0.05) is 11.5 Å². The molecule has 0 radical (unpaired) electrons. The predicted molar refractivity (Wildman–Crippen MR) is 390 cm³/mol. The standard InChI is InChI=1S/C81H88N4O17Si2/c1-80(2,3)104(59-42-26-12-27-43-59,60-44-28-13-29-45-60)96-52-65-67(86)61(47-81(4,5)103(92,57-38-22-10-23-39-57)58-40-24-11-25-41-58)74(98-65)101-72-69(62(46-63-70(72)102-78(90)83-63)82-76(88)93-49-53-30-14-6-15-31-53)100-75-66(84-77(89)94-50-54-32-16-7-17-33-54)68(87)71-64(97-75)48-85(73(99-71)56-36-20-9-21-37-56)79(91)95-51-55-34-18-8-19-35-55/h6-45,61-67,69-75,86,92H,46-52H2,1-5H3,(H,82,88)(H,83,90)(H,84,89)/t61-,62+,63-,64-,65-,66-,67+,69-,70+,71-,72+,73?,74+,75-/m1/s1. The van der Waals surface area contributed by atoms with Crippen LogP contribution in [-0.2, 0) is 71.7 Å². The number of hydrogen-bond acceptors (Lipinski definition) is 17. The molecule has 4 aliphatic heterocycles. The molecule has 23 heteroatoms. The van der Waals surface area contributed by atoms with Crippen LogP contribution in [0.2, 0.25) is 10.1 Å². The summed E-state index contributed by atoms with van der Waals surface area (Å²) in [7, 11) is -7.24. The van der Waals surface area contributed by atoms with Gasteiger partial charge >= 0.3 is 24.4 Å². The molecule has 8 aromatic carbocycles. The fourth-order valence-corrected chi connectivity index (χ4v) is 23.7. The van der Waals surface area contributed by atoms with E-state index in [4.69, 9.17) is 47.1 Å². The molecule has 1 unspecified atom stereocenters. The highest BCUT2D eigenvalue weighted by atomic mass is 28.4. The van der Waals surface area contributed by atoms with E-state index in [1.165, 1.54) is 4.90 Å². The zero-order valence-corrected chi connectivity index (χ0v) is 60.6. The molecule has 8 aromatic rings. The van der Waals surface area contributed by atoms with E-state index < -0.39 is 142 Å². The fraction of sp³-hybridized carbons (Fsp3) is 0.346. The highest BCUT2D eigenvalue weighted by Gasteiger charge is 2.62. The normalized spacial score (nSPS) is 25.5. The van der Waals surface area contributed by atoms with E-state index in [2.05, 4.69) is 61.0 Å². The van der Waals surface area contributed by atoms with Crippen molar-refractivity contribution < 1.29 is 80.9 Å². The second-order valence-electron chi connectivity index (χ2n) is 28.7. The topological polar surface area (TPSA) is 257 Å². The van der Waals surface area contributed by atoms with Crippen LogP contribution in [-0.4, -0.2) is 148 Å². The van der Waals surface area contributed by atoms with Crippen molar-refractivity contribution >= 4 is 67.5 Å². The van der Waals surface area contributed by atoms with Gasteiger partial charge < -0.3 is 72.9 Å². The number of amides is 4. The van der Waals surface area contributed by atoms with Crippen LogP contribution in [0.25, 0.3) is 0 Å². The van der Waals surface area contributed by atoms with Crippen molar-refractivity contribution in [1.29, 1.82) is 0 Å². The van der Waals surface area contributed by atoms with E-state index in [0.717, 1.165) is 26.3 Å². The number of carbonyl (C=O) groups excluding carboxylic acids is 5. The SMILES string of the molecule is CC(C)(C[C@H]1[C@H](O[C@@H]2[C@H]3OC(=O)N[C@@H]3C[C@H](NC(=O)OCc3ccccc3)[C@H]2O[C@H]2O[C@@H]3CN(C(=O)OCc4ccccc4)C(c4ccccc4)O[C@H]3C(=O)[C@H]2NC(=O)OCc2ccccc2)O[C@H](CO[Si](c2ccccc2)(c2ccccc2)C(C)(C)C)[C@H]1O)[Si](O)(c1ccccc1)c1ccccc1. The number of aliphatic hydroxyl groups is 1. The number of nitrogens with zero attached hydrogens (tertiary/aromatic N) is 1. The van der Waals surface area contributed by atoms with E-state index in [0.29, 0.717) is 16.7 Å². The number of alkyl carbamates (subject to hydrolysis) is 3. The number of ketones is 1. The molecule has 0 spiro atoms. The van der Waals surface area contributed by atoms with Gasteiger partial charge in [-0.15, -0.1) is 0 Å². The average molecular weight is 1450 g/mol. The monoisotopic (exact) mass is 1440 g/mol. The van der Waals surface area contributed by atoms with Crippen molar-refractivity contribution in [3.63, 3.8) is 0 Å². The van der Waals surface area contributed by atoms with Crippen molar-refractivity contribution in [3.05, 3.63) is 265 Å². The lowest BCUT2D eigenvalue weighted by Gasteiger charge is -2.50. The molecule has 4 amide bonds. The number of rotatable bonds is 23. The van der Waals surface area contributed by atoms with Crippen molar-refractivity contribution in [2.24, 2.45) is 5.92 Å². The number of aliphatic hydroxyl groups excluding tert-OH is 1. The molecule has 14 atom stereocenters. The third-order valence-corrected chi connectivity index (χ3v) is 30.0. The Labute approximate surface area is 607 Å². The smallest absolute Gasteiger partial charge is 0.412 e. The number of ether oxygens (including phenoxy) is 9. The first kappa shape index (κ1) is 73.0. The van der Waals surface area contributed by atoms with Crippen molar-refractivity contribution in [3.8, 4) is 0 Å². The Morgan fingerprint density at radius 2 is 1.03 bits per heavy atom. The van der Waals surface area contributed by atoms with Gasteiger partial charge in [-0.1, -0.05) is 277 Å². The number of hydrogen-bond donors (Lipinski definition) is 5. The minimum absolute atomic E-state index is 0.0631. The summed E-state index contributed by atoms with van der Waals surface area (Å²) in [5.74, 6) is -1.74. The van der Waals surface area contributed by atoms with Crippen LogP contribution < -0.4 is 36.7 Å². The number of nitrogens with one attached hydrogen (secondary N) is 3. The zero-order chi connectivity index (χ0) is 72.6. The summed E-state index contributed by atoms with van der Waals surface area (Å²) in [4.78, 5) is 88.4. The quantitative estimate of drug-likeness (QED) is 0.0295. The second kappa shape index (κ2) is 31.9. The Morgan fingerprint density at radius 3 is 1.54 bits per heavy atom. The van der Waals surface area contributed by atoms with Gasteiger partial charge in [-0.05, 0) is 60.4 Å². The summed E-state index contributed by atoms with van der Waals surface area (Å²) >= 11 is 0. The lowest BCUT2D eigenvalue weighted by Crippen LogP contribution is -2.70. The Balaban J connectivity index is 0.904. The van der Waals surface area contributed by atoms with Crippen LogP contribution >= 0.6 is 0 Å². The van der Waals surface area contributed by atoms with Gasteiger partial charge in [-0.25, -0.2) is 19.2 Å². The lowest BCUT2D eigenvalue weighted by molar-refractivity contribution is -0.303. The summed E-state index contributed by atoms with van der Waals surface area (Å²) in [5.41, 5.74) is 2.56. The lowest BCUT2D eigenvalue weighted by atomic mass is 9.83. The summed E-state index contributed by atoms with van der Waals surface area (Å²) in [6, 6.07) is 71.3. The van der Waals surface area contributed by atoms with Crippen LogP contribution in [0.4, 0.5) is 19.2 Å². The average Bonchev–Trinajstić information content (AvgIpc) is 1.08. The molecule has 0 aromatic heterocycles. The maximum Gasteiger partial charge on any atom is 0.412 e. The van der Waals surface area contributed by atoms with Gasteiger partial charge in [0.2, 0.25) is 0 Å². The molecule has 4 saturated heterocycles. The van der Waals surface area contributed by atoms with Crippen molar-refractivity contribution in [2.75, 3.05) is 13.2 Å². The van der Waals surface area contributed by atoms with E-state index in [9.17, 15) is 29.1 Å². The number of carbonyl (C=O) groups is 5. The molecule has 5 aliphatic rings. The van der Waals surface area contributed by atoms with E-state index >= 15 is 4.79 Å². The van der Waals surface area contributed by atoms with E-state index in [-0.39, 0.29) is 45.8 Å². The first-order valence-corrected chi connectivity index (χ1v) is 39.1. The number of Topliss-reactive ketones (excluding diaryl/α,β-unsaturated/α-hetero) is 1. The van der Waals surface area contributed by atoms with Crippen LogP contribution in [0.15, 0.2) is 243 Å². The maximum atomic E-state index is 15.8. The van der Waals surface area contributed by atoms with Crippen LogP contribution in [0.3, 0.4) is 0 Å². The molecule has 0 bridgehead atoms. The zero-order valence-electron chi connectivity index (χ0n) is 58.6. The molecule has 5 fully saturated rings. The molecule has 1 aliphatic carbocycles. The Kier molecular flexibility index (Phi) is 22.4. The Hall–Kier alpha value is -9.38. The molecular weight excluding hydrogens is 1360 g/mol. The number of fused-ring (bicyclic) bond motifs is 2. The highest BCUT2D eigenvalue weighted by Crippen LogP contribution is 2.49. The molecule has 1 saturated carbocycles. The molecule has 13 rings (SSSR count). The van der Waals surface area contributed by atoms with Crippen LogP contribution in [0.1, 0.15) is 75.9 Å². The number of benzene rings is 8. The molecule has 4 heterocycles. The predicted octanol–water partition coefficient (Wildman–Crippen LogP) is 9.46. The van der Waals surface area contributed by atoms with Crippen molar-refractivity contribution in [1.82, 2.24) is 20.9 Å². The molecular formula is C81H88N4O17Si2. The highest BCUT2D eigenvalue weighted by molar-refractivity contribution is 6.99. The summed E-state index contributed by atoms with van der Waals surface area (Å²) in [5, 5.41) is 24.0. The minimum Gasteiger partial charge on any atom is -0.445 e. The van der Waals surface area contributed by atoms with Crippen LogP contribution in [0, 0.1) is 5.92 Å². The van der Waals surface area contributed by atoms with E-state index in [1.54, 1.807) is 66.7 Å². The van der Waals surface area contributed by atoms with Gasteiger partial charge in [0.1, 0.15) is 56.4 Å². The van der Waals surface area contributed by atoms with Crippen LogP contribution in [0.5, 0.6) is 0 Å². The molecule has 5 N–H and O–H groups in total. The first-order chi connectivity index (χ1) is 50.3. The van der Waals surface area contributed by atoms with Gasteiger partial charge in [-0.2, -0.15) is 0 Å². The van der Waals surface area contributed by atoms with Gasteiger partial charge in [-0.3, -0.25) is 9.69 Å². The largest absolute Gasteiger partial charge is 0.445 e. The third-order valence-electron chi connectivity index (χ3n) is 20.5. The summed E-state index contributed by atoms with van der Waals surface area (Å²) in [6.45, 7) is 9.52. The van der Waals surface area contributed by atoms with Crippen molar-refractivity contribution in [2.45, 2.75) is 157 Å². The third kappa shape index (κ3) is 15.7. The molecule has 104 heavy (non-hydrogen) atoms. The summed E-state index contributed by atoms with van der Waals surface area (Å²) < 4.78 is 67.1. The summed E-state index contributed by atoms with van der Waals surface area (Å²) in [6.07, 6.45) is -17.6. The first-order valence-electron chi connectivity index (χ1n) is 35.3. The van der Waals surface area contributed by atoms with E-state index in [1.807, 2.05) is 166 Å².